The number of azide groups is 1. The molecule has 592 valence electrons. The number of halogens is 2. The molecule has 33 heteroatoms. The van der Waals surface area contributed by atoms with Crippen LogP contribution in [0.3, 0.4) is 0 Å². The van der Waals surface area contributed by atoms with Crippen LogP contribution in [0.15, 0.2) is 175 Å². The van der Waals surface area contributed by atoms with E-state index in [1.807, 2.05) is 177 Å². The number of hydrogen-bond donors (Lipinski definition) is 2. The van der Waals surface area contributed by atoms with Gasteiger partial charge in [0.2, 0.25) is 19.1 Å². The molecule has 4 heterocycles. The van der Waals surface area contributed by atoms with Crippen LogP contribution in [0, 0.1) is 45.3 Å². The molecule has 0 aliphatic heterocycles. The van der Waals surface area contributed by atoms with Gasteiger partial charge in [0, 0.05) is 106 Å². The maximum Gasteiger partial charge on any atom is 1.00 e. The molecule has 3 N–H and O–H groups in total. The van der Waals surface area contributed by atoms with Crippen molar-refractivity contribution in [1.29, 1.82) is 21.0 Å². The third-order valence-corrected chi connectivity index (χ3v) is 18.4. The van der Waals surface area contributed by atoms with E-state index in [0.717, 1.165) is 161 Å². The van der Waals surface area contributed by atoms with E-state index in [0.29, 0.717) is 66.7 Å². The van der Waals surface area contributed by atoms with Gasteiger partial charge in [-0.25, -0.2) is 21.6 Å². The summed E-state index contributed by atoms with van der Waals surface area (Å²) in [6, 6.07) is 63.2. The van der Waals surface area contributed by atoms with Crippen LogP contribution in [-0.4, -0.2) is 127 Å². The van der Waals surface area contributed by atoms with Gasteiger partial charge in [0.05, 0.1) is 128 Å². The Balaban J connectivity index is 0.000000230. The van der Waals surface area contributed by atoms with Crippen molar-refractivity contribution in [3.05, 3.63) is 219 Å². The van der Waals surface area contributed by atoms with Gasteiger partial charge >= 0.3 is 29.6 Å². The Labute approximate surface area is 703 Å². The Morgan fingerprint density at radius 2 is 0.687 bits per heavy atom. The number of ether oxygens (including phenoxy) is 8. The van der Waals surface area contributed by atoms with Gasteiger partial charge in [0.15, 0.2) is 0 Å². The SMILES string of the molecule is CCn1c(-c2ccc(OCCBr)cc2)c(C#N)c2ccc(OC)cc21.CCn1c(-c2ccc(OCCN)cc2)c(C#N)c2ccc(OC)cc21.CCn1c(-c2ccc(OCCN=[N+]=[N-])cc2)c(C#N)c2ccc(OC)cc21.CCn1c(-c2ccc(OCCNS(C)(=O)=O)cc2)c(C#N)c2ccc(OC)cc21.CS(=O)(=O)Cl.[N-]=[N+]=[N-].[Na+]. The number of methoxy groups -OCH3 is 4. The summed E-state index contributed by atoms with van der Waals surface area (Å²) in [5.41, 5.74) is 41.2. The van der Waals surface area contributed by atoms with Crippen LogP contribution in [0.5, 0.6) is 46.0 Å². The van der Waals surface area contributed by atoms with Gasteiger partial charge in [-0.05, 0) is 201 Å². The van der Waals surface area contributed by atoms with E-state index in [1.54, 1.807) is 28.4 Å². The van der Waals surface area contributed by atoms with Gasteiger partial charge in [0.1, 0.15) is 83.5 Å². The van der Waals surface area contributed by atoms with Crippen molar-refractivity contribution in [3.8, 4) is 115 Å². The number of aromatic nitrogens is 4. The first-order valence-electron chi connectivity index (χ1n) is 35.4. The standard InChI is InChI=1S/C21H23N3O4S.C20H19BrN2O2.C20H19N5O2.C20H21N3O2.CH3ClO2S.N3.Na/c1-4-24-20-13-17(27-2)9-10-18(20)19(14-22)21(24)15-5-7-16(8-6-15)28-12-11-23-29(3,25)26;1-3-23-19-12-16(24-2)8-9-17(19)18(13-22)20(23)14-4-6-15(7-5-14)25-11-10-21;1-3-25-19-12-16(26-2)8-9-17(19)18(13-21)20(25)14-4-6-15(7-5-14)27-11-10-23-24-22;1-3-23-19-12-16(24-2)8-9-17(19)18(13-22)20(23)14-4-6-15(7-5-14)25-11-10-21;1-5(2,3)4;1-3-2;/h5-10,13,23H,4,11-12H2,1-3H3;4-9,12H,3,10-11H2,1-2H3;4-9,12H,3,10-11H2,1-2H3;4-9,12H,3,10-11,21H2,1-2H3;1H3;;/q;;;;;-1;+1. The first-order chi connectivity index (χ1) is 55.0. The second-order valence-electron chi connectivity index (χ2n) is 24.2. The molecule has 0 aliphatic carbocycles. The predicted octanol–water partition coefficient (Wildman–Crippen LogP) is 14.6. The minimum atomic E-state index is -3.23. The molecule has 0 saturated carbocycles. The number of fused-ring (bicyclic) bond motifs is 4. The average molecular weight is 1690 g/mol. The maximum atomic E-state index is 11.1. The van der Waals surface area contributed by atoms with Crippen molar-refractivity contribution in [1.82, 2.24) is 23.0 Å². The van der Waals surface area contributed by atoms with E-state index in [2.05, 4.69) is 105 Å². The number of nitriles is 4. The van der Waals surface area contributed by atoms with E-state index in [9.17, 15) is 37.9 Å². The Kier molecular flexibility index (Phi) is 36.5. The first kappa shape index (κ1) is 92.4. The van der Waals surface area contributed by atoms with Crippen molar-refractivity contribution >= 4 is 89.3 Å². The number of nitrogens with one attached hydrogen (secondary N) is 1. The molecule has 115 heavy (non-hydrogen) atoms. The summed E-state index contributed by atoms with van der Waals surface area (Å²) >= 11 is 3.35. The van der Waals surface area contributed by atoms with Crippen LogP contribution in [0.4, 0.5) is 0 Å². The van der Waals surface area contributed by atoms with Crippen LogP contribution in [0.2, 0.25) is 0 Å². The largest absolute Gasteiger partial charge is 1.00 e. The van der Waals surface area contributed by atoms with Crippen LogP contribution in [0.25, 0.3) is 115 Å². The first-order valence-corrected chi connectivity index (χ1v) is 41.2. The molecule has 0 atom stereocenters. The van der Waals surface area contributed by atoms with Crippen LogP contribution in [0.1, 0.15) is 49.9 Å². The zero-order valence-electron chi connectivity index (χ0n) is 65.5. The third-order valence-electron chi connectivity index (χ3n) is 17.3. The number of benzene rings is 8. The van der Waals surface area contributed by atoms with Gasteiger partial charge in [-0.15, -0.1) is 0 Å². The fourth-order valence-corrected chi connectivity index (χ4v) is 13.2. The molecular formula is C82H85BrClN16NaO12S2. The van der Waals surface area contributed by atoms with E-state index < -0.39 is 19.1 Å². The molecule has 0 aliphatic rings. The summed E-state index contributed by atoms with van der Waals surface area (Å²) in [5, 5.41) is 47.0. The normalized spacial score (nSPS) is 10.5. The van der Waals surface area contributed by atoms with Crippen LogP contribution >= 0.6 is 26.6 Å². The molecule has 8 aromatic carbocycles. The second-order valence-corrected chi connectivity index (χ2v) is 29.9. The summed E-state index contributed by atoms with van der Waals surface area (Å²) < 4.78 is 95.5. The maximum absolute atomic E-state index is 11.1. The van der Waals surface area contributed by atoms with E-state index in [4.69, 9.17) is 60.2 Å². The number of rotatable bonds is 27. The molecule has 0 saturated heterocycles. The summed E-state index contributed by atoms with van der Waals surface area (Å²) in [5.74, 6) is 5.97. The Morgan fingerprint density at radius 1 is 0.443 bits per heavy atom. The summed E-state index contributed by atoms with van der Waals surface area (Å²) in [4.78, 5) is 4.19. The van der Waals surface area contributed by atoms with Crippen molar-refractivity contribution in [2.75, 3.05) is 92.3 Å². The molecule has 0 fully saturated rings. The summed E-state index contributed by atoms with van der Waals surface area (Å²) in [7, 11) is 4.63. The Hall–Kier alpha value is -11.5. The predicted molar refractivity (Wildman–Crippen MR) is 450 cm³/mol. The Bertz CT molecular complexity index is 5640. The van der Waals surface area contributed by atoms with Gasteiger partial charge in [0.25, 0.3) is 0 Å². The van der Waals surface area contributed by atoms with Gasteiger partial charge in [-0.1, -0.05) is 21.0 Å². The Morgan fingerprint density at radius 3 is 0.904 bits per heavy atom. The topological polar surface area (TPSA) is 403 Å². The quantitative estimate of drug-likeness (QED) is 0.00918. The zero-order chi connectivity index (χ0) is 83.1. The molecule has 4 aromatic heterocycles. The number of alkyl halides is 1. The third kappa shape index (κ3) is 24.3. The molecule has 0 unspecified atom stereocenters. The summed E-state index contributed by atoms with van der Waals surface area (Å²) in [6.07, 6.45) is 2.03. The molecule has 0 radical (unpaired) electrons. The van der Waals surface area contributed by atoms with Crippen molar-refractivity contribution in [2.45, 2.75) is 53.9 Å². The van der Waals surface area contributed by atoms with Crippen molar-refractivity contribution < 1.29 is 84.3 Å². The van der Waals surface area contributed by atoms with Crippen LogP contribution < -0.4 is 77.9 Å². The average Bonchev–Trinajstić information content (AvgIpc) is 1.63. The van der Waals surface area contributed by atoms with Gasteiger partial charge < -0.3 is 73.0 Å². The van der Waals surface area contributed by atoms with Crippen molar-refractivity contribution in [3.63, 3.8) is 0 Å². The molecule has 12 rings (SSSR count). The number of sulfonamides is 1. The molecule has 12 aromatic rings. The molecule has 0 amide bonds. The second kappa shape index (κ2) is 45.4. The molecule has 0 spiro atoms. The number of hydrogen-bond acceptors (Lipinski definition) is 18. The minimum absolute atomic E-state index is 0. The number of nitrogens with zero attached hydrogens (tertiary/aromatic N) is 14. The van der Waals surface area contributed by atoms with E-state index in [-0.39, 0.29) is 49.3 Å². The minimum Gasteiger partial charge on any atom is -0.497 e. The van der Waals surface area contributed by atoms with Gasteiger partial charge in [-0.3, -0.25) is 4.91 Å². The van der Waals surface area contributed by atoms with Gasteiger partial charge in [-0.2, -0.15) is 21.0 Å². The van der Waals surface area contributed by atoms with E-state index >= 15 is 0 Å². The fourth-order valence-electron chi connectivity index (χ4n) is 12.6. The monoisotopic (exact) mass is 1690 g/mol. The summed E-state index contributed by atoms with van der Waals surface area (Å²) in [6.45, 7) is 13.8. The van der Waals surface area contributed by atoms with Crippen LogP contribution in [-0.2, 0) is 45.3 Å². The van der Waals surface area contributed by atoms with Crippen molar-refractivity contribution in [2.24, 2.45) is 10.8 Å². The smallest absolute Gasteiger partial charge is 0.497 e. The zero-order valence-corrected chi connectivity index (χ0v) is 71.4. The molecular weight excluding hydrogens is 1600 g/mol. The number of nitrogens with two attached hydrogens (primary N) is 1. The number of aryl methyl sites for hydroxylation is 4. The molecule has 28 nitrogen and oxygen atoms in total. The fraction of sp³-hybridized carbons (Fsp3) is 0.268. The molecule has 0 bridgehead atoms. The van der Waals surface area contributed by atoms with E-state index in [1.165, 1.54) is 4.91 Å².